The minimum atomic E-state index is -0.00421. The lowest BCUT2D eigenvalue weighted by Crippen LogP contribution is -2.32. The molecular formula is C15H22N2O2. The number of phenolic OH excluding ortho intramolecular Hbond substituents is 1. The lowest BCUT2D eigenvalue weighted by Gasteiger charge is -2.25. The lowest BCUT2D eigenvalue weighted by atomic mass is 9.86. The summed E-state index contributed by atoms with van der Waals surface area (Å²) in [5.41, 5.74) is 7.45. The van der Waals surface area contributed by atoms with Crippen LogP contribution in [0.3, 0.4) is 0 Å². The number of benzene rings is 1. The van der Waals surface area contributed by atoms with E-state index in [2.05, 4.69) is 5.32 Å². The largest absolute Gasteiger partial charge is 0.506 e. The second kappa shape index (κ2) is 6.06. The number of anilines is 1. The number of aromatic hydroxyl groups is 1. The van der Waals surface area contributed by atoms with Crippen molar-refractivity contribution in [2.75, 3.05) is 5.32 Å². The molecule has 0 aliphatic heterocycles. The zero-order valence-electron chi connectivity index (χ0n) is 11.4. The molecule has 1 aliphatic rings. The van der Waals surface area contributed by atoms with Crippen LogP contribution in [0.25, 0.3) is 0 Å². The molecule has 1 aliphatic carbocycles. The minimum Gasteiger partial charge on any atom is -0.506 e. The van der Waals surface area contributed by atoms with Crippen LogP contribution in [0.1, 0.15) is 38.2 Å². The van der Waals surface area contributed by atoms with Gasteiger partial charge < -0.3 is 16.2 Å². The van der Waals surface area contributed by atoms with Crippen LogP contribution >= 0.6 is 0 Å². The van der Waals surface area contributed by atoms with Gasteiger partial charge in [0.2, 0.25) is 5.91 Å². The van der Waals surface area contributed by atoms with Crippen molar-refractivity contribution in [2.45, 2.75) is 45.1 Å². The van der Waals surface area contributed by atoms with Crippen molar-refractivity contribution in [2.24, 2.45) is 11.7 Å². The molecule has 0 bridgehead atoms. The van der Waals surface area contributed by atoms with E-state index >= 15 is 0 Å². The number of carbonyl (C=O) groups excluding carboxylic acids is 1. The zero-order chi connectivity index (χ0) is 13.8. The Morgan fingerprint density at radius 3 is 2.68 bits per heavy atom. The van der Waals surface area contributed by atoms with Crippen molar-refractivity contribution < 1.29 is 9.90 Å². The summed E-state index contributed by atoms with van der Waals surface area (Å²) in [7, 11) is 0. The Labute approximate surface area is 114 Å². The second-order valence-electron chi connectivity index (χ2n) is 5.31. The molecule has 4 N–H and O–H groups in total. The fraction of sp³-hybridized carbons (Fsp3) is 0.533. The van der Waals surface area contributed by atoms with Crippen LogP contribution in [0, 0.1) is 5.92 Å². The molecule has 2 rings (SSSR count). The smallest absolute Gasteiger partial charge is 0.227 e. The highest BCUT2D eigenvalue weighted by molar-refractivity contribution is 5.94. The summed E-state index contributed by atoms with van der Waals surface area (Å²) in [4.78, 5) is 12.2. The van der Waals surface area contributed by atoms with Crippen LogP contribution < -0.4 is 11.1 Å². The Morgan fingerprint density at radius 2 is 2.05 bits per heavy atom. The molecule has 1 saturated carbocycles. The van der Waals surface area contributed by atoms with Crippen LogP contribution in [-0.4, -0.2) is 17.1 Å². The summed E-state index contributed by atoms with van der Waals surface area (Å²) in [6.07, 6.45) is 4.35. The quantitative estimate of drug-likeness (QED) is 0.732. The number of nitrogens with one attached hydrogen (secondary N) is 1. The molecule has 1 aromatic carbocycles. The summed E-state index contributed by atoms with van der Waals surface area (Å²) in [5, 5.41) is 12.6. The van der Waals surface area contributed by atoms with Gasteiger partial charge in [-0.1, -0.05) is 13.0 Å². The van der Waals surface area contributed by atoms with E-state index in [9.17, 15) is 9.90 Å². The van der Waals surface area contributed by atoms with Crippen LogP contribution in [0.15, 0.2) is 18.2 Å². The van der Waals surface area contributed by atoms with Gasteiger partial charge >= 0.3 is 0 Å². The van der Waals surface area contributed by atoms with E-state index in [0.29, 0.717) is 5.69 Å². The second-order valence-corrected chi connectivity index (χ2v) is 5.31. The van der Waals surface area contributed by atoms with Gasteiger partial charge in [-0.2, -0.15) is 0 Å². The summed E-state index contributed by atoms with van der Waals surface area (Å²) in [6.45, 7) is 2.04. The van der Waals surface area contributed by atoms with E-state index in [-0.39, 0.29) is 23.6 Å². The number of rotatable bonds is 3. The fourth-order valence-electron chi connectivity index (χ4n) is 2.52. The summed E-state index contributed by atoms with van der Waals surface area (Å²) in [6, 6.07) is 5.57. The van der Waals surface area contributed by atoms with E-state index in [1.165, 1.54) is 0 Å². The number of hydrogen-bond acceptors (Lipinski definition) is 3. The standard InChI is InChI=1S/C15H22N2O2/c1-2-10-3-8-14(18)13(9-10)17-15(19)11-4-6-12(16)7-5-11/h3,8-9,11-12,18H,2,4-7,16H2,1H3,(H,17,19). The Hall–Kier alpha value is -1.55. The van der Waals surface area contributed by atoms with Gasteiger partial charge in [-0.3, -0.25) is 4.79 Å². The molecule has 4 heteroatoms. The molecule has 0 atom stereocenters. The van der Waals surface area contributed by atoms with E-state index in [1.807, 2.05) is 19.1 Å². The molecule has 104 valence electrons. The number of nitrogens with two attached hydrogens (primary N) is 1. The first kappa shape index (κ1) is 13.9. The highest BCUT2D eigenvalue weighted by atomic mass is 16.3. The average molecular weight is 262 g/mol. The van der Waals surface area contributed by atoms with E-state index < -0.39 is 0 Å². The maximum absolute atomic E-state index is 12.2. The Kier molecular flexibility index (Phi) is 4.43. The highest BCUT2D eigenvalue weighted by Gasteiger charge is 2.25. The number of amides is 1. The number of hydrogen-bond donors (Lipinski definition) is 3. The maximum Gasteiger partial charge on any atom is 0.227 e. The molecular weight excluding hydrogens is 240 g/mol. The molecule has 0 radical (unpaired) electrons. The van der Waals surface area contributed by atoms with Gasteiger partial charge in [0.15, 0.2) is 0 Å². The predicted octanol–water partition coefficient (Wildman–Crippen LogP) is 2.41. The van der Waals surface area contributed by atoms with Crippen molar-refractivity contribution in [1.82, 2.24) is 0 Å². The van der Waals surface area contributed by atoms with Crippen LogP contribution in [0.2, 0.25) is 0 Å². The minimum absolute atomic E-state index is 0.00421. The molecule has 1 aromatic rings. The van der Waals surface area contributed by atoms with Gasteiger partial charge in [0.25, 0.3) is 0 Å². The number of aryl methyl sites for hydroxylation is 1. The van der Waals surface area contributed by atoms with Crippen molar-refractivity contribution in [1.29, 1.82) is 0 Å². The first-order chi connectivity index (χ1) is 9.10. The number of carbonyl (C=O) groups is 1. The van der Waals surface area contributed by atoms with Gasteiger partial charge in [0, 0.05) is 12.0 Å². The van der Waals surface area contributed by atoms with Crippen LogP contribution in [0.5, 0.6) is 5.75 Å². The summed E-state index contributed by atoms with van der Waals surface area (Å²) < 4.78 is 0. The van der Waals surface area contributed by atoms with Crippen molar-refractivity contribution in [3.63, 3.8) is 0 Å². The molecule has 0 unspecified atom stereocenters. The monoisotopic (exact) mass is 262 g/mol. The predicted molar refractivity (Wildman–Crippen MR) is 76.0 cm³/mol. The van der Waals surface area contributed by atoms with Crippen molar-refractivity contribution >= 4 is 11.6 Å². The third-order valence-electron chi connectivity index (χ3n) is 3.87. The molecule has 0 aromatic heterocycles. The maximum atomic E-state index is 12.2. The summed E-state index contributed by atoms with van der Waals surface area (Å²) >= 11 is 0. The van der Waals surface area contributed by atoms with Gasteiger partial charge in [-0.15, -0.1) is 0 Å². The summed E-state index contributed by atoms with van der Waals surface area (Å²) in [5.74, 6) is 0.137. The molecule has 0 heterocycles. The van der Waals surface area contributed by atoms with E-state index in [1.54, 1.807) is 6.07 Å². The molecule has 1 fully saturated rings. The van der Waals surface area contributed by atoms with Crippen molar-refractivity contribution in [3.8, 4) is 5.75 Å². The van der Waals surface area contributed by atoms with Gasteiger partial charge in [0.1, 0.15) is 5.75 Å². The molecule has 1 amide bonds. The van der Waals surface area contributed by atoms with Crippen LogP contribution in [-0.2, 0) is 11.2 Å². The van der Waals surface area contributed by atoms with Gasteiger partial charge in [-0.25, -0.2) is 0 Å². The first-order valence-corrected chi connectivity index (χ1v) is 6.98. The fourth-order valence-corrected chi connectivity index (χ4v) is 2.52. The normalized spacial score (nSPS) is 23.1. The highest BCUT2D eigenvalue weighted by Crippen LogP contribution is 2.28. The van der Waals surface area contributed by atoms with Gasteiger partial charge in [0.05, 0.1) is 5.69 Å². The molecule has 19 heavy (non-hydrogen) atoms. The zero-order valence-corrected chi connectivity index (χ0v) is 11.4. The third-order valence-corrected chi connectivity index (χ3v) is 3.87. The Bertz CT molecular complexity index is 451. The average Bonchev–Trinajstić information content (AvgIpc) is 2.42. The molecule has 4 nitrogen and oxygen atoms in total. The Morgan fingerprint density at radius 1 is 1.37 bits per heavy atom. The number of phenols is 1. The van der Waals surface area contributed by atoms with Crippen molar-refractivity contribution in [3.05, 3.63) is 23.8 Å². The molecule has 0 saturated heterocycles. The topological polar surface area (TPSA) is 75.3 Å². The van der Waals surface area contributed by atoms with Crippen LogP contribution in [0.4, 0.5) is 5.69 Å². The molecule has 0 spiro atoms. The van der Waals surface area contributed by atoms with E-state index in [0.717, 1.165) is 37.7 Å². The SMILES string of the molecule is CCc1ccc(O)c(NC(=O)C2CCC(N)CC2)c1. The van der Waals surface area contributed by atoms with E-state index in [4.69, 9.17) is 5.73 Å². The Balaban J connectivity index is 2.02. The lowest BCUT2D eigenvalue weighted by molar-refractivity contribution is -0.120. The first-order valence-electron chi connectivity index (χ1n) is 6.98. The third kappa shape index (κ3) is 3.47. The van der Waals surface area contributed by atoms with Gasteiger partial charge in [-0.05, 0) is 49.8 Å².